The average molecular weight is 567 g/mol. The maximum Gasteiger partial charge on any atom is 0.407 e. The molecule has 3 atom stereocenters. The van der Waals surface area contributed by atoms with Crippen LogP contribution in [0.1, 0.15) is 59.3 Å². The summed E-state index contributed by atoms with van der Waals surface area (Å²) in [5.41, 5.74) is -0.865. The van der Waals surface area contributed by atoms with E-state index >= 15 is 4.39 Å². The maximum absolute atomic E-state index is 15.1. The largest absolute Gasteiger partial charge is 0.461 e. The second kappa shape index (κ2) is 11.2. The topological polar surface area (TPSA) is 92.7 Å². The van der Waals surface area contributed by atoms with Crippen molar-refractivity contribution in [2.24, 2.45) is 5.92 Å². The van der Waals surface area contributed by atoms with E-state index in [0.29, 0.717) is 43.2 Å². The molecule has 5 rings (SSSR count). The first-order valence-electron chi connectivity index (χ1n) is 13.8. The number of ether oxygens (including phenoxy) is 2. The molecular weight excluding hydrogens is 530 g/mol. The van der Waals surface area contributed by atoms with E-state index in [0.717, 1.165) is 45.2 Å². The minimum atomic E-state index is -0.876. The van der Waals surface area contributed by atoms with Gasteiger partial charge in [0.25, 0.3) is 0 Å². The molecule has 1 unspecified atom stereocenters. The fraction of sp³-hybridized carbons (Fsp3) is 0.704. The Kier molecular flexibility index (Phi) is 8.01. The van der Waals surface area contributed by atoms with Crippen LogP contribution in [0.5, 0.6) is 6.01 Å². The van der Waals surface area contributed by atoms with Crippen molar-refractivity contribution in [3.8, 4) is 6.01 Å². The predicted molar refractivity (Wildman–Crippen MR) is 145 cm³/mol. The van der Waals surface area contributed by atoms with E-state index in [9.17, 15) is 9.18 Å². The summed E-state index contributed by atoms with van der Waals surface area (Å²) < 4.78 is 40.7. The summed E-state index contributed by atoms with van der Waals surface area (Å²) >= 11 is 6.00. The van der Waals surface area contributed by atoms with Gasteiger partial charge < -0.3 is 19.7 Å². The lowest BCUT2D eigenvalue weighted by Crippen LogP contribution is -2.43. The van der Waals surface area contributed by atoms with Crippen molar-refractivity contribution >= 4 is 34.4 Å². The van der Waals surface area contributed by atoms with E-state index in [-0.39, 0.29) is 28.8 Å². The van der Waals surface area contributed by atoms with Crippen LogP contribution in [0.25, 0.3) is 10.9 Å². The van der Waals surface area contributed by atoms with Gasteiger partial charge in [0.05, 0.1) is 10.9 Å². The predicted octanol–water partition coefficient (Wildman–Crippen LogP) is 4.90. The number of piperidine rings is 1. The number of hydrogen-bond donors (Lipinski definition) is 1. The number of rotatable bonds is 7. The van der Waals surface area contributed by atoms with Gasteiger partial charge in [0, 0.05) is 38.8 Å². The average Bonchev–Trinajstić information content (AvgIpc) is 3.39. The molecule has 2 aromatic rings. The number of nitrogens with zero attached hydrogens (tertiary/aromatic N) is 5. The van der Waals surface area contributed by atoms with E-state index < -0.39 is 23.7 Å². The van der Waals surface area contributed by atoms with Gasteiger partial charge in [-0.2, -0.15) is 9.97 Å². The lowest BCUT2D eigenvalue weighted by molar-refractivity contribution is 0.0524. The molecule has 3 aliphatic rings. The molecule has 5 heterocycles. The fourth-order valence-corrected chi connectivity index (χ4v) is 6.28. The molecule has 1 N–H and O–H groups in total. The Morgan fingerprint density at radius 1 is 1.26 bits per heavy atom. The Morgan fingerprint density at radius 3 is 2.87 bits per heavy atom. The third-order valence-corrected chi connectivity index (χ3v) is 8.13. The van der Waals surface area contributed by atoms with Crippen molar-refractivity contribution in [1.82, 2.24) is 25.2 Å². The summed E-state index contributed by atoms with van der Waals surface area (Å²) in [5.74, 6) is 0.112. The summed E-state index contributed by atoms with van der Waals surface area (Å²) in [7, 11) is 0. The number of aromatic nitrogens is 3. The zero-order valence-electron chi connectivity index (χ0n) is 22.8. The summed E-state index contributed by atoms with van der Waals surface area (Å²) in [6.07, 6.45) is 5.13. The van der Waals surface area contributed by atoms with Crippen LogP contribution in [0.15, 0.2) is 6.20 Å². The highest BCUT2D eigenvalue weighted by atomic mass is 35.5. The lowest BCUT2D eigenvalue weighted by atomic mass is 9.94. The standard InChI is InChI=1S/C27H37ClF2N6O3/c1-26(2,3)39-25(37)31-9-7-17-6-4-10-35(14-17)23-19-13-32-22(28)20(30)21(19)33-24(34-23)38-16-27-8-5-11-36(27)15-18(29)12-27/h13,17-18H,4-12,14-16H2,1-3H3,(H,31,37)/t17?,18-,27+/m1/s1. The van der Waals surface area contributed by atoms with Crippen LogP contribution in [0, 0.1) is 11.7 Å². The highest BCUT2D eigenvalue weighted by Gasteiger charge is 2.49. The minimum absolute atomic E-state index is 0.0518. The van der Waals surface area contributed by atoms with E-state index in [1.165, 1.54) is 6.20 Å². The molecule has 0 aromatic carbocycles. The zero-order valence-corrected chi connectivity index (χ0v) is 23.6. The number of nitrogens with one attached hydrogen (secondary N) is 1. The molecular formula is C27H37ClF2N6O3. The smallest absolute Gasteiger partial charge is 0.407 e. The molecule has 0 bridgehead atoms. The second-order valence-corrected chi connectivity index (χ2v) is 12.3. The number of fused-ring (bicyclic) bond motifs is 2. The fourth-order valence-electron chi connectivity index (χ4n) is 6.14. The molecule has 0 aliphatic carbocycles. The number of hydrogen-bond acceptors (Lipinski definition) is 8. The SMILES string of the molecule is CC(C)(C)OC(=O)NCCC1CCCN(c2nc(OC[C@@]34CCCN3C[C@H](F)C4)nc3c(F)c(Cl)ncc23)C1. The first-order chi connectivity index (χ1) is 18.5. The Hall–Kier alpha value is -2.53. The molecule has 3 saturated heterocycles. The number of halogens is 3. The second-order valence-electron chi connectivity index (χ2n) is 12.0. The number of carbonyl (C=O) groups excluding carboxylic acids is 1. The molecule has 3 fully saturated rings. The van der Waals surface area contributed by atoms with Gasteiger partial charge in [0.15, 0.2) is 11.0 Å². The summed E-state index contributed by atoms with van der Waals surface area (Å²) in [5, 5.41) is 3.02. The molecule has 39 heavy (non-hydrogen) atoms. The van der Waals surface area contributed by atoms with Gasteiger partial charge in [0.2, 0.25) is 0 Å². The van der Waals surface area contributed by atoms with Crippen molar-refractivity contribution < 1.29 is 23.0 Å². The Morgan fingerprint density at radius 2 is 2.08 bits per heavy atom. The normalized spacial score (nSPS) is 25.6. The molecule has 3 aliphatic heterocycles. The first-order valence-corrected chi connectivity index (χ1v) is 14.2. The highest BCUT2D eigenvalue weighted by Crippen LogP contribution is 2.40. The third-order valence-electron chi connectivity index (χ3n) is 7.87. The molecule has 0 radical (unpaired) electrons. The number of amides is 1. The van der Waals surface area contributed by atoms with Gasteiger partial charge in [-0.05, 0) is 65.3 Å². The molecule has 1 amide bonds. The number of alkyl halides is 1. The van der Waals surface area contributed by atoms with Gasteiger partial charge in [-0.25, -0.2) is 18.6 Å². The Labute approximate surface area is 232 Å². The van der Waals surface area contributed by atoms with Gasteiger partial charge >= 0.3 is 12.1 Å². The van der Waals surface area contributed by atoms with Crippen LogP contribution in [0.4, 0.5) is 19.4 Å². The van der Waals surface area contributed by atoms with Crippen molar-refractivity contribution in [1.29, 1.82) is 0 Å². The highest BCUT2D eigenvalue weighted by molar-refractivity contribution is 6.30. The number of pyridine rings is 1. The van der Waals surface area contributed by atoms with Gasteiger partial charge in [-0.3, -0.25) is 4.90 Å². The third kappa shape index (κ3) is 6.29. The van der Waals surface area contributed by atoms with E-state index in [1.807, 2.05) is 20.8 Å². The van der Waals surface area contributed by atoms with Crippen LogP contribution in [0.2, 0.25) is 5.15 Å². The first kappa shape index (κ1) is 28.0. The number of alkyl carbamates (subject to hydrolysis) is 1. The molecule has 214 valence electrons. The van der Waals surface area contributed by atoms with Crippen molar-refractivity contribution in [3.63, 3.8) is 0 Å². The van der Waals surface area contributed by atoms with E-state index in [1.54, 1.807) is 0 Å². The summed E-state index contributed by atoms with van der Waals surface area (Å²) in [4.78, 5) is 29.4. The minimum Gasteiger partial charge on any atom is -0.461 e. The van der Waals surface area contributed by atoms with Gasteiger partial charge in [0.1, 0.15) is 29.7 Å². The van der Waals surface area contributed by atoms with Gasteiger partial charge in [-0.15, -0.1) is 0 Å². The van der Waals surface area contributed by atoms with Crippen molar-refractivity contribution in [3.05, 3.63) is 17.2 Å². The van der Waals surface area contributed by atoms with E-state index in [4.69, 9.17) is 26.1 Å². The quantitative estimate of drug-likeness (QED) is 0.473. The number of anilines is 1. The van der Waals surface area contributed by atoms with Crippen molar-refractivity contribution in [2.45, 2.75) is 76.6 Å². The van der Waals surface area contributed by atoms with E-state index in [2.05, 4.69) is 25.1 Å². The van der Waals surface area contributed by atoms with Crippen LogP contribution in [-0.4, -0.2) is 82.6 Å². The van der Waals surface area contributed by atoms with Crippen LogP contribution in [-0.2, 0) is 4.74 Å². The lowest BCUT2D eigenvalue weighted by Gasteiger charge is -2.34. The summed E-state index contributed by atoms with van der Waals surface area (Å²) in [6, 6.07) is 0.0518. The molecule has 2 aromatic heterocycles. The van der Waals surface area contributed by atoms with Crippen molar-refractivity contribution in [2.75, 3.05) is 44.2 Å². The van der Waals surface area contributed by atoms with Crippen LogP contribution < -0.4 is 15.0 Å². The Bertz CT molecular complexity index is 1210. The molecule has 0 saturated carbocycles. The van der Waals surface area contributed by atoms with Crippen LogP contribution >= 0.6 is 11.6 Å². The number of carbonyl (C=O) groups is 1. The molecule has 12 heteroatoms. The Balaban J connectivity index is 1.32. The molecule has 9 nitrogen and oxygen atoms in total. The maximum atomic E-state index is 15.1. The monoisotopic (exact) mass is 566 g/mol. The zero-order chi connectivity index (χ0) is 27.8. The molecule has 0 spiro atoms. The van der Waals surface area contributed by atoms with Gasteiger partial charge in [-0.1, -0.05) is 11.6 Å². The van der Waals surface area contributed by atoms with Crippen LogP contribution in [0.3, 0.4) is 0 Å². The summed E-state index contributed by atoms with van der Waals surface area (Å²) in [6.45, 7) is 8.90.